The number of nitrogens with zero attached hydrogens (tertiary/aromatic N) is 2. The van der Waals surface area contributed by atoms with Crippen LogP contribution in [0.15, 0.2) is 18.2 Å². The number of halogens is 3. The lowest BCUT2D eigenvalue weighted by molar-refractivity contribution is -0.137. The minimum absolute atomic E-state index is 0.237. The van der Waals surface area contributed by atoms with Crippen molar-refractivity contribution in [2.45, 2.75) is 12.8 Å². The maximum absolute atomic E-state index is 12.4. The molecular weight excluding hydrogens is 221 g/mol. The molecule has 0 aliphatic carbocycles. The van der Waals surface area contributed by atoms with Crippen LogP contribution in [0.25, 0.3) is 11.0 Å². The van der Waals surface area contributed by atoms with Gasteiger partial charge in [0.2, 0.25) is 0 Å². The zero-order valence-electron chi connectivity index (χ0n) is 8.41. The van der Waals surface area contributed by atoms with Gasteiger partial charge in [0, 0.05) is 7.05 Å². The van der Waals surface area contributed by atoms with Gasteiger partial charge in [0.1, 0.15) is 12.4 Å². The highest BCUT2D eigenvalue weighted by Gasteiger charge is 2.30. The van der Waals surface area contributed by atoms with E-state index < -0.39 is 11.7 Å². The molecule has 1 N–H and O–H groups in total. The number of rotatable bonds is 1. The molecule has 0 saturated heterocycles. The van der Waals surface area contributed by atoms with E-state index >= 15 is 0 Å². The van der Waals surface area contributed by atoms with Gasteiger partial charge >= 0.3 is 6.18 Å². The van der Waals surface area contributed by atoms with E-state index in [1.807, 2.05) is 0 Å². The standard InChI is InChI=1S/C10H9F3N2O/c1-15-8-3-2-6(10(11,12)13)4-7(8)14-9(15)5-16/h2-4,16H,5H2,1H3. The summed E-state index contributed by atoms with van der Waals surface area (Å²) in [6.45, 7) is -0.299. The van der Waals surface area contributed by atoms with Crippen LogP contribution in [0.2, 0.25) is 0 Å². The average molecular weight is 230 g/mol. The second-order valence-electron chi connectivity index (χ2n) is 3.45. The molecule has 2 aromatic rings. The Bertz CT molecular complexity index is 531. The van der Waals surface area contributed by atoms with Crippen LogP contribution in [-0.2, 0) is 19.8 Å². The van der Waals surface area contributed by atoms with Crippen LogP contribution < -0.4 is 0 Å². The molecule has 1 heterocycles. The van der Waals surface area contributed by atoms with E-state index in [2.05, 4.69) is 4.98 Å². The monoisotopic (exact) mass is 230 g/mol. The van der Waals surface area contributed by atoms with Crippen LogP contribution in [-0.4, -0.2) is 14.7 Å². The molecule has 0 aliphatic rings. The van der Waals surface area contributed by atoms with Gasteiger partial charge < -0.3 is 9.67 Å². The third-order valence-corrected chi connectivity index (χ3v) is 2.44. The van der Waals surface area contributed by atoms with E-state index in [0.29, 0.717) is 11.3 Å². The van der Waals surface area contributed by atoms with E-state index in [1.165, 1.54) is 6.07 Å². The van der Waals surface area contributed by atoms with Crippen molar-refractivity contribution in [3.05, 3.63) is 29.6 Å². The number of aliphatic hydroxyl groups is 1. The zero-order chi connectivity index (χ0) is 11.9. The van der Waals surface area contributed by atoms with Crippen molar-refractivity contribution in [3.63, 3.8) is 0 Å². The molecule has 3 nitrogen and oxygen atoms in total. The van der Waals surface area contributed by atoms with Crippen molar-refractivity contribution in [1.29, 1.82) is 0 Å². The number of alkyl halides is 3. The SMILES string of the molecule is Cn1c(CO)nc2cc(C(F)(F)F)ccc21. The fourth-order valence-electron chi connectivity index (χ4n) is 1.57. The van der Waals surface area contributed by atoms with Gasteiger partial charge in [-0.1, -0.05) is 0 Å². The molecule has 86 valence electrons. The number of aromatic nitrogens is 2. The molecule has 0 radical (unpaired) electrons. The lowest BCUT2D eigenvalue weighted by atomic mass is 10.2. The van der Waals surface area contributed by atoms with Gasteiger partial charge in [0.25, 0.3) is 0 Å². The molecule has 0 unspecified atom stereocenters. The predicted molar refractivity (Wildman–Crippen MR) is 51.6 cm³/mol. The maximum Gasteiger partial charge on any atom is 0.416 e. The number of hydrogen-bond donors (Lipinski definition) is 1. The van der Waals surface area contributed by atoms with Crippen molar-refractivity contribution in [2.24, 2.45) is 7.05 Å². The molecule has 0 amide bonds. The van der Waals surface area contributed by atoms with Crippen LogP contribution in [0.5, 0.6) is 0 Å². The molecular formula is C10H9F3N2O. The van der Waals surface area contributed by atoms with Crippen LogP contribution in [0, 0.1) is 0 Å². The fraction of sp³-hybridized carbons (Fsp3) is 0.300. The number of aryl methyl sites for hydroxylation is 1. The maximum atomic E-state index is 12.4. The molecule has 1 aromatic heterocycles. The molecule has 0 atom stereocenters. The second kappa shape index (κ2) is 3.48. The molecule has 2 rings (SSSR count). The third-order valence-electron chi connectivity index (χ3n) is 2.44. The zero-order valence-corrected chi connectivity index (χ0v) is 8.41. The summed E-state index contributed by atoms with van der Waals surface area (Å²) in [6.07, 6.45) is -4.37. The molecule has 0 bridgehead atoms. The highest BCUT2D eigenvalue weighted by Crippen LogP contribution is 2.31. The summed E-state index contributed by atoms with van der Waals surface area (Å²) < 4.78 is 38.8. The summed E-state index contributed by atoms with van der Waals surface area (Å²) in [5, 5.41) is 8.94. The van der Waals surface area contributed by atoms with Crippen LogP contribution >= 0.6 is 0 Å². The molecule has 0 saturated carbocycles. The van der Waals surface area contributed by atoms with E-state index in [4.69, 9.17) is 5.11 Å². The first-order valence-corrected chi connectivity index (χ1v) is 4.57. The summed E-state index contributed by atoms with van der Waals surface area (Å²) in [4.78, 5) is 3.92. The average Bonchev–Trinajstić information content (AvgIpc) is 2.54. The summed E-state index contributed by atoms with van der Waals surface area (Å²) in [7, 11) is 1.65. The van der Waals surface area contributed by atoms with Crippen molar-refractivity contribution in [1.82, 2.24) is 9.55 Å². The highest BCUT2D eigenvalue weighted by molar-refractivity contribution is 5.77. The first kappa shape index (κ1) is 10.9. The number of fused-ring (bicyclic) bond motifs is 1. The largest absolute Gasteiger partial charge is 0.416 e. The third kappa shape index (κ3) is 1.65. The number of imidazole rings is 1. The summed E-state index contributed by atoms with van der Waals surface area (Å²) >= 11 is 0. The number of hydrogen-bond acceptors (Lipinski definition) is 2. The van der Waals surface area contributed by atoms with Crippen LogP contribution in [0.1, 0.15) is 11.4 Å². The molecule has 0 aliphatic heterocycles. The summed E-state index contributed by atoms with van der Waals surface area (Å²) in [5.74, 6) is 0.342. The Hall–Kier alpha value is -1.56. The van der Waals surface area contributed by atoms with E-state index in [1.54, 1.807) is 11.6 Å². The van der Waals surface area contributed by atoms with Gasteiger partial charge in [0.05, 0.1) is 16.6 Å². The van der Waals surface area contributed by atoms with Crippen LogP contribution in [0.3, 0.4) is 0 Å². The molecule has 0 spiro atoms. The van der Waals surface area contributed by atoms with Crippen molar-refractivity contribution in [2.75, 3.05) is 0 Å². The van der Waals surface area contributed by atoms with Gasteiger partial charge in [0.15, 0.2) is 0 Å². The van der Waals surface area contributed by atoms with E-state index in [-0.39, 0.29) is 12.1 Å². The molecule has 6 heteroatoms. The Morgan fingerprint density at radius 1 is 1.38 bits per heavy atom. The summed E-state index contributed by atoms with van der Waals surface area (Å²) in [5.41, 5.74) is 0.0704. The Morgan fingerprint density at radius 2 is 2.06 bits per heavy atom. The van der Waals surface area contributed by atoms with Crippen LogP contribution in [0.4, 0.5) is 13.2 Å². The van der Waals surface area contributed by atoms with Gasteiger partial charge in [-0.3, -0.25) is 0 Å². The molecule has 0 fully saturated rings. The number of benzene rings is 1. The predicted octanol–water partition coefficient (Wildman–Crippen LogP) is 2.08. The highest BCUT2D eigenvalue weighted by atomic mass is 19.4. The topological polar surface area (TPSA) is 38.0 Å². The minimum Gasteiger partial charge on any atom is -0.388 e. The second-order valence-corrected chi connectivity index (χ2v) is 3.45. The van der Waals surface area contributed by atoms with E-state index in [0.717, 1.165) is 12.1 Å². The quantitative estimate of drug-likeness (QED) is 0.814. The Kier molecular flexibility index (Phi) is 2.38. The minimum atomic E-state index is -4.37. The number of aliphatic hydroxyl groups excluding tert-OH is 1. The first-order chi connectivity index (χ1) is 7.43. The smallest absolute Gasteiger partial charge is 0.388 e. The van der Waals surface area contributed by atoms with Gasteiger partial charge in [-0.05, 0) is 18.2 Å². The van der Waals surface area contributed by atoms with Gasteiger partial charge in [-0.15, -0.1) is 0 Å². The first-order valence-electron chi connectivity index (χ1n) is 4.57. The van der Waals surface area contributed by atoms with Crippen molar-refractivity contribution < 1.29 is 18.3 Å². The normalized spacial score (nSPS) is 12.3. The Balaban J connectivity index is 2.64. The Labute approximate surface area is 89.1 Å². The van der Waals surface area contributed by atoms with Crippen molar-refractivity contribution >= 4 is 11.0 Å². The fourth-order valence-corrected chi connectivity index (χ4v) is 1.57. The summed E-state index contributed by atoms with van der Waals surface area (Å²) in [6, 6.07) is 3.34. The van der Waals surface area contributed by atoms with Gasteiger partial charge in [-0.2, -0.15) is 13.2 Å². The van der Waals surface area contributed by atoms with Gasteiger partial charge in [-0.25, -0.2) is 4.98 Å². The lowest BCUT2D eigenvalue weighted by Gasteiger charge is -2.05. The lowest BCUT2D eigenvalue weighted by Crippen LogP contribution is -2.04. The van der Waals surface area contributed by atoms with E-state index in [9.17, 15) is 13.2 Å². The molecule has 16 heavy (non-hydrogen) atoms. The Morgan fingerprint density at radius 3 is 2.62 bits per heavy atom. The van der Waals surface area contributed by atoms with Crippen molar-refractivity contribution in [3.8, 4) is 0 Å². The molecule has 1 aromatic carbocycles.